The van der Waals surface area contributed by atoms with Crippen molar-refractivity contribution in [1.82, 2.24) is 15.2 Å². The quantitative estimate of drug-likeness (QED) is 0.255. The molecule has 3 aromatic carbocycles. The van der Waals surface area contributed by atoms with Crippen molar-refractivity contribution in [2.24, 2.45) is 0 Å². The molecule has 7 nitrogen and oxygen atoms in total. The highest BCUT2D eigenvalue weighted by Gasteiger charge is 2.15. The molecule has 2 heterocycles. The molecular formula is C22H15N5O2S3. The molecule has 5 rings (SSSR count). The molecule has 0 bridgehead atoms. The molecule has 10 heteroatoms. The second kappa shape index (κ2) is 9.03. The van der Waals surface area contributed by atoms with Crippen LogP contribution in [0.5, 0.6) is 0 Å². The van der Waals surface area contributed by atoms with Gasteiger partial charge in [0.2, 0.25) is 11.0 Å². The van der Waals surface area contributed by atoms with Crippen molar-refractivity contribution in [2.45, 2.75) is 4.34 Å². The number of anilines is 2. The van der Waals surface area contributed by atoms with Gasteiger partial charge in [-0.3, -0.25) is 14.9 Å². The predicted molar refractivity (Wildman–Crippen MR) is 131 cm³/mol. The number of benzene rings is 3. The van der Waals surface area contributed by atoms with Crippen LogP contribution in [0.3, 0.4) is 0 Å². The molecule has 0 saturated heterocycles. The van der Waals surface area contributed by atoms with Crippen LogP contribution in [0.15, 0.2) is 71.1 Å². The van der Waals surface area contributed by atoms with Crippen LogP contribution in [0.25, 0.3) is 21.0 Å². The van der Waals surface area contributed by atoms with E-state index >= 15 is 0 Å². The number of carbonyl (C=O) groups excluding carboxylic acids is 2. The van der Waals surface area contributed by atoms with Crippen molar-refractivity contribution in [2.75, 3.05) is 16.4 Å². The summed E-state index contributed by atoms with van der Waals surface area (Å²) in [5.74, 6) is -0.279. The molecule has 32 heavy (non-hydrogen) atoms. The Morgan fingerprint density at radius 2 is 1.69 bits per heavy atom. The second-order valence-corrected chi connectivity index (χ2v) is 9.91. The first kappa shape index (κ1) is 20.6. The number of nitrogens with zero attached hydrogens (tertiary/aromatic N) is 3. The average molecular weight is 478 g/mol. The summed E-state index contributed by atoms with van der Waals surface area (Å²) in [6.07, 6.45) is 0. The molecule has 0 spiro atoms. The van der Waals surface area contributed by atoms with Crippen LogP contribution in [-0.4, -0.2) is 32.7 Å². The van der Waals surface area contributed by atoms with Gasteiger partial charge in [-0.1, -0.05) is 71.6 Å². The minimum atomic E-state index is -0.326. The molecule has 0 aliphatic carbocycles. The van der Waals surface area contributed by atoms with Gasteiger partial charge in [0.15, 0.2) is 9.35 Å². The molecule has 0 fully saturated rings. The molecular weight excluding hydrogens is 462 g/mol. The van der Waals surface area contributed by atoms with Gasteiger partial charge >= 0.3 is 0 Å². The smallest absolute Gasteiger partial charge is 0.286 e. The molecule has 2 amide bonds. The monoisotopic (exact) mass is 477 g/mol. The minimum Gasteiger partial charge on any atom is -0.325 e. The molecule has 0 saturated carbocycles. The third-order valence-corrected chi connectivity index (χ3v) is 7.51. The van der Waals surface area contributed by atoms with Crippen molar-refractivity contribution < 1.29 is 9.59 Å². The van der Waals surface area contributed by atoms with E-state index in [1.54, 1.807) is 0 Å². The summed E-state index contributed by atoms with van der Waals surface area (Å²) < 4.78 is 1.54. The maximum atomic E-state index is 12.5. The summed E-state index contributed by atoms with van der Waals surface area (Å²) in [4.78, 5) is 29.2. The van der Waals surface area contributed by atoms with Gasteiger partial charge in [0.05, 0.1) is 16.0 Å². The minimum absolute atomic E-state index is 0.137. The number of para-hydroxylation sites is 1. The number of rotatable bonds is 6. The number of thioether (sulfide) groups is 1. The van der Waals surface area contributed by atoms with E-state index in [2.05, 4.69) is 25.8 Å². The maximum absolute atomic E-state index is 12.5. The Morgan fingerprint density at radius 1 is 0.875 bits per heavy atom. The zero-order valence-electron chi connectivity index (χ0n) is 16.4. The number of amides is 2. The lowest BCUT2D eigenvalue weighted by Gasteiger charge is -2.08. The summed E-state index contributed by atoms with van der Waals surface area (Å²) in [7, 11) is 0. The van der Waals surface area contributed by atoms with Gasteiger partial charge in [-0.2, -0.15) is 0 Å². The Kier molecular flexibility index (Phi) is 5.80. The van der Waals surface area contributed by atoms with Crippen LogP contribution in [0.4, 0.5) is 10.8 Å². The highest BCUT2D eigenvalue weighted by Crippen LogP contribution is 2.28. The van der Waals surface area contributed by atoms with Gasteiger partial charge in [0.1, 0.15) is 0 Å². The first-order valence-corrected chi connectivity index (χ1v) is 12.2. The first-order valence-electron chi connectivity index (χ1n) is 9.56. The third-order valence-electron chi connectivity index (χ3n) is 4.51. The zero-order chi connectivity index (χ0) is 21.9. The molecule has 0 aliphatic rings. The number of hydrogen-bond acceptors (Lipinski definition) is 8. The van der Waals surface area contributed by atoms with Crippen LogP contribution in [0.1, 0.15) is 9.80 Å². The van der Waals surface area contributed by atoms with Crippen molar-refractivity contribution in [1.29, 1.82) is 0 Å². The topological polar surface area (TPSA) is 96.9 Å². The van der Waals surface area contributed by atoms with E-state index in [0.29, 0.717) is 14.5 Å². The van der Waals surface area contributed by atoms with Crippen molar-refractivity contribution in [3.8, 4) is 0 Å². The standard InChI is InChI=1S/C22H15N5O2S3/c28-18(23-15-10-5-7-13-6-1-2-8-14(13)15)12-30-22-27-26-21(32-22)25-19(29)20-24-16-9-3-4-11-17(16)31-20/h1-11H,12H2,(H,23,28)(H,25,26,29). The lowest BCUT2D eigenvalue weighted by Crippen LogP contribution is -2.14. The van der Waals surface area contributed by atoms with E-state index in [-0.39, 0.29) is 17.6 Å². The Morgan fingerprint density at radius 3 is 2.59 bits per heavy atom. The molecule has 0 aliphatic heterocycles. The van der Waals surface area contributed by atoms with Crippen LogP contribution in [0, 0.1) is 0 Å². The third kappa shape index (κ3) is 4.47. The Balaban J connectivity index is 1.19. The summed E-state index contributed by atoms with van der Waals surface area (Å²) in [5.41, 5.74) is 1.56. The summed E-state index contributed by atoms with van der Waals surface area (Å²) in [6.45, 7) is 0. The Labute approximate surface area is 194 Å². The van der Waals surface area contributed by atoms with Crippen molar-refractivity contribution in [3.63, 3.8) is 0 Å². The molecule has 2 aromatic heterocycles. The molecule has 0 atom stereocenters. The summed E-state index contributed by atoms with van der Waals surface area (Å²) >= 11 is 3.81. The summed E-state index contributed by atoms with van der Waals surface area (Å²) in [5, 5.41) is 16.5. The predicted octanol–water partition coefficient (Wildman–Crippen LogP) is 5.28. The Hall–Kier alpha value is -3.34. The molecule has 0 unspecified atom stereocenters. The van der Waals surface area contributed by atoms with Crippen molar-refractivity contribution >= 4 is 78.1 Å². The van der Waals surface area contributed by atoms with Gasteiger partial charge in [-0.15, -0.1) is 21.5 Å². The number of nitrogens with one attached hydrogen (secondary N) is 2. The van der Waals surface area contributed by atoms with E-state index in [4.69, 9.17) is 0 Å². The lowest BCUT2D eigenvalue weighted by molar-refractivity contribution is -0.113. The van der Waals surface area contributed by atoms with E-state index in [9.17, 15) is 9.59 Å². The number of hydrogen-bond donors (Lipinski definition) is 2. The van der Waals surface area contributed by atoms with Gasteiger partial charge < -0.3 is 5.32 Å². The summed E-state index contributed by atoms with van der Waals surface area (Å²) in [6, 6.07) is 21.3. The van der Waals surface area contributed by atoms with E-state index in [1.165, 1.54) is 34.4 Å². The van der Waals surface area contributed by atoms with Crippen LogP contribution in [-0.2, 0) is 4.79 Å². The van der Waals surface area contributed by atoms with Gasteiger partial charge in [-0.25, -0.2) is 4.98 Å². The average Bonchev–Trinajstić information content (AvgIpc) is 3.45. The highest BCUT2D eigenvalue weighted by atomic mass is 32.2. The number of aromatic nitrogens is 3. The van der Waals surface area contributed by atoms with Crippen LogP contribution < -0.4 is 10.6 Å². The molecule has 0 radical (unpaired) electrons. The zero-order valence-corrected chi connectivity index (χ0v) is 18.9. The normalized spacial score (nSPS) is 11.0. The van der Waals surface area contributed by atoms with Gasteiger partial charge in [0.25, 0.3) is 5.91 Å². The number of carbonyl (C=O) groups is 2. The molecule has 5 aromatic rings. The van der Waals surface area contributed by atoms with E-state index in [0.717, 1.165) is 26.7 Å². The van der Waals surface area contributed by atoms with Crippen LogP contribution >= 0.6 is 34.4 Å². The fourth-order valence-corrected chi connectivity index (χ4v) is 5.49. The fourth-order valence-electron chi connectivity index (χ4n) is 3.09. The molecule has 2 N–H and O–H groups in total. The Bertz CT molecular complexity index is 1410. The fraction of sp³-hybridized carbons (Fsp3) is 0.0455. The highest BCUT2D eigenvalue weighted by molar-refractivity contribution is 8.01. The van der Waals surface area contributed by atoms with E-state index < -0.39 is 0 Å². The van der Waals surface area contributed by atoms with Crippen molar-refractivity contribution in [3.05, 3.63) is 71.7 Å². The maximum Gasteiger partial charge on any atom is 0.286 e. The SMILES string of the molecule is O=C(CSc1nnc(NC(=O)c2nc3ccccc3s2)s1)Nc1cccc2ccccc12. The molecule has 158 valence electrons. The van der Waals surface area contributed by atoms with E-state index in [1.807, 2.05) is 66.7 Å². The second-order valence-electron chi connectivity index (χ2n) is 6.68. The van der Waals surface area contributed by atoms with Crippen LogP contribution in [0.2, 0.25) is 0 Å². The van der Waals surface area contributed by atoms with Gasteiger partial charge in [-0.05, 0) is 23.6 Å². The largest absolute Gasteiger partial charge is 0.325 e. The van der Waals surface area contributed by atoms with Gasteiger partial charge in [0, 0.05) is 11.1 Å². The lowest BCUT2D eigenvalue weighted by atomic mass is 10.1. The number of fused-ring (bicyclic) bond motifs is 2. The number of thiazole rings is 1. The first-order chi connectivity index (χ1) is 15.7.